The SMILES string of the molecule is Cc1nnc(NCC(=O)NCc2ccccc2)c2ccccc12. The number of benzene rings is 2. The molecule has 3 aromatic rings. The predicted octanol–water partition coefficient (Wildman–Crippen LogP) is 2.67. The summed E-state index contributed by atoms with van der Waals surface area (Å²) in [6.45, 7) is 2.60. The standard InChI is InChI=1S/C18H18N4O/c1-13-15-9-5-6-10-16(15)18(22-21-13)20-12-17(23)19-11-14-7-3-2-4-8-14/h2-10H,11-12H2,1H3,(H,19,23)(H,20,22). The number of nitrogens with one attached hydrogen (secondary N) is 2. The van der Waals surface area contributed by atoms with Crippen molar-refractivity contribution in [1.29, 1.82) is 0 Å². The van der Waals surface area contributed by atoms with E-state index in [1.54, 1.807) is 0 Å². The van der Waals surface area contributed by atoms with Crippen molar-refractivity contribution in [1.82, 2.24) is 15.5 Å². The molecule has 0 aliphatic heterocycles. The topological polar surface area (TPSA) is 66.9 Å². The lowest BCUT2D eigenvalue weighted by Gasteiger charge is -2.10. The number of anilines is 1. The van der Waals surface area contributed by atoms with Gasteiger partial charge in [-0.15, -0.1) is 5.10 Å². The van der Waals surface area contributed by atoms with E-state index in [-0.39, 0.29) is 12.5 Å². The van der Waals surface area contributed by atoms with Crippen LogP contribution in [0, 0.1) is 6.92 Å². The molecule has 1 amide bonds. The summed E-state index contributed by atoms with van der Waals surface area (Å²) in [5, 5.41) is 16.2. The number of hydrogen-bond acceptors (Lipinski definition) is 4. The molecular weight excluding hydrogens is 288 g/mol. The summed E-state index contributed by atoms with van der Waals surface area (Å²) in [5.74, 6) is 0.543. The molecule has 5 heteroatoms. The molecule has 1 aromatic heterocycles. The van der Waals surface area contributed by atoms with E-state index in [1.165, 1.54) is 0 Å². The van der Waals surface area contributed by atoms with Crippen LogP contribution in [0.5, 0.6) is 0 Å². The van der Waals surface area contributed by atoms with Crippen molar-refractivity contribution in [3.05, 3.63) is 65.9 Å². The van der Waals surface area contributed by atoms with Gasteiger partial charge in [0.2, 0.25) is 5.91 Å². The zero-order valence-electron chi connectivity index (χ0n) is 12.9. The molecule has 2 aromatic carbocycles. The largest absolute Gasteiger partial charge is 0.359 e. The van der Waals surface area contributed by atoms with Gasteiger partial charge >= 0.3 is 0 Å². The first-order valence-corrected chi connectivity index (χ1v) is 7.50. The summed E-state index contributed by atoms with van der Waals surface area (Å²) in [6, 6.07) is 17.7. The number of amides is 1. The Morgan fingerprint density at radius 1 is 0.957 bits per heavy atom. The fourth-order valence-corrected chi connectivity index (χ4v) is 2.39. The highest BCUT2D eigenvalue weighted by Gasteiger charge is 2.07. The molecule has 0 saturated carbocycles. The number of aryl methyl sites for hydroxylation is 1. The third kappa shape index (κ3) is 3.63. The smallest absolute Gasteiger partial charge is 0.239 e. The van der Waals surface area contributed by atoms with Gasteiger partial charge < -0.3 is 10.6 Å². The summed E-state index contributed by atoms with van der Waals surface area (Å²) in [6.07, 6.45) is 0. The molecule has 1 heterocycles. The van der Waals surface area contributed by atoms with Gasteiger partial charge in [-0.05, 0) is 12.5 Å². The number of nitrogens with zero attached hydrogens (tertiary/aromatic N) is 2. The highest BCUT2D eigenvalue weighted by atomic mass is 16.1. The molecule has 0 aliphatic carbocycles. The minimum atomic E-state index is -0.0830. The molecule has 0 aliphatic rings. The lowest BCUT2D eigenvalue weighted by atomic mass is 10.1. The molecule has 0 radical (unpaired) electrons. The van der Waals surface area contributed by atoms with Crippen LogP contribution < -0.4 is 10.6 Å². The quantitative estimate of drug-likeness (QED) is 0.760. The van der Waals surface area contributed by atoms with Crippen LogP contribution in [-0.2, 0) is 11.3 Å². The number of hydrogen-bond donors (Lipinski definition) is 2. The Morgan fingerprint density at radius 3 is 2.43 bits per heavy atom. The van der Waals surface area contributed by atoms with Crippen LogP contribution in [0.15, 0.2) is 54.6 Å². The Morgan fingerprint density at radius 2 is 1.65 bits per heavy atom. The molecule has 3 rings (SSSR count). The molecule has 0 bridgehead atoms. The van der Waals surface area contributed by atoms with Crippen molar-refractivity contribution in [2.45, 2.75) is 13.5 Å². The maximum Gasteiger partial charge on any atom is 0.239 e. The summed E-state index contributed by atoms with van der Waals surface area (Å²) < 4.78 is 0. The fourth-order valence-electron chi connectivity index (χ4n) is 2.39. The number of carbonyl (C=O) groups excluding carboxylic acids is 1. The van der Waals surface area contributed by atoms with Gasteiger partial charge in [0, 0.05) is 17.3 Å². The number of rotatable bonds is 5. The van der Waals surface area contributed by atoms with Crippen molar-refractivity contribution in [2.75, 3.05) is 11.9 Å². The lowest BCUT2D eigenvalue weighted by Crippen LogP contribution is -2.29. The highest BCUT2D eigenvalue weighted by molar-refractivity contribution is 5.94. The Hall–Kier alpha value is -2.95. The third-order valence-electron chi connectivity index (χ3n) is 3.62. The van der Waals surface area contributed by atoms with Crippen molar-refractivity contribution < 1.29 is 4.79 Å². The van der Waals surface area contributed by atoms with Gasteiger partial charge in [0.1, 0.15) is 0 Å². The van der Waals surface area contributed by atoms with E-state index in [0.717, 1.165) is 22.0 Å². The zero-order valence-corrected chi connectivity index (χ0v) is 12.9. The third-order valence-corrected chi connectivity index (χ3v) is 3.62. The number of carbonyl (C=O) groups is 1. The van der Waals surface area contributed by atoms with Crippen LogP contribution in [0.3, 0.4) is 0 Å². The average Bonchev–Trinajstić information content (AvgIpc) is 2.60. The second-order valence-electron chi connectivity index (χ2n) is 5.30. The summed E-state index contributed by atoms with van der Waals surface area (Å²) in [7, 11) is 0. The molecular formula is C18H18N4O. The summed E-state index contributed by atoms with van der Waals surface area (Å²) in [5.41, 5.74) is 1.95. The van der Waals surface area contributed by atoms with E-state index in [9.17, 15) is 4.79 Å². The summed E-state index contributed by atoms with van der Waals surface area (Å²) in [4.78, 5) is 12.0. The molecule has 23 heavy (non-hydrogen) atoms. The van der Waals surface area contributed by atoms with E-state index in [4.69, 9.17) is 0 Å². The predicted molar refractivity (Wildman–Crippen MR) is 91.1 cm³/mol. The van der Waals surface area contributed by atoms with Gasteiger partial charge in [-0.2, -0.15) is 5.10 Å². The average molecular weight is 306 g/mol. The van der Waals surface area contributed by atoms with Gasteiger partial charge in [-0.3, -0.25) is 4.79 Å². The summed E-state index contributed by atoms with van der Waals surface area (Å²) >= 11 is 0. The first-order valence-electron chi connectivity index (χ1n) is 7.50. The Bertz CT molecular complexity index is 818. The second kappa shape index (κ2) is 6.87. The van der Waals surface area contributed by atoms with Crippen LogP contribution >= 0.6 is 0 Å². The molecule has 0 unspecified atom stereocenters. The van der Waals surface area contributed by atoms with Gasteiger partial charge in [-0.1, -0.05) is 54.6 Å². The number of aromatic nitrogens is 2. The minimum absolute atomic E-state index is 0.0830. The lowest BCUT2D eigenvalue weighted by molar-refractivity contribution is -0.119. The second-order valence-corrected chi connectivity index (χ2v) is 5.30. The monoisotopic (exact) mass is 306 g/mol. The number of fused-ring (bicyclic) bond motifs is 1. The molecule has 0 atom stereocenters. The van der Waals surface area contributed by atoms with Gasteiger partial charge in [0.15, 0.2) is 5.82 Å². The van der Waals surface area contributed by atoms with Gasteiger partial charge in [0.25, 0.3) is 0 Å². The molecule has 116 valence electrons. The van der Waals surface area contributed by atoms with Crippen LogP contribution in [-0.4, -0.2) is 22.6 Å². The molecule has 0 spiro atoms. The highest BCUT2D eigenvalue weighted by Crippen LogP contribution is 2.21. The van der Waals surface area contributed by atoms with Crippen molar-refractivity contribution in [3.8, 4) is 0 Å². The molecule has 0 fully saturated rings. The van der Waals surface area contributed by atoms with E-state index < -0.39 is 0 Å². The first kappa shape index (κ1) is 15.0. The van der Waals surface area contributed by atoms with Crippen molar-refractivity contribution in [3.63, 3.8) is 0 Å². The van der Waals surface area contributed by atoms with Crippen LogP contribution in [0.25, 0.3) is 10.8 Å². The van der Waals surface area contributed by atoms with Crippen LogP contribution in [0.4, 0.5) is 5.82 Å². The van der Waals surface area contributed by atoms with E-state index in [2.05, 4.69) is 20.8 Å². The van der Waals surface area contributed by atoms with E-state index >= 15 is 0 Å². The van der Waals surface area contributed by atoms with E-state index in [0.29, 0.717) is 12.4 Å². The van der Waals surface area contributed by atoms with Crippen molar-refractivity contribution in [2.24, 2.45) is 0 Å². The first-order chi connectivity index (χ1) is 11.2. The maximum atomic E-state index is 12.0. The van der Waals surface area contributed by atoms with Crippen molar-refractivity contribution >= 4 is 22.5 Å². The van der Waals surface area contributed by atoms with Gasteiger partial charge in [0.05, 0.1) is 12.2 Å². The normalized spacial score (nSPS) is 10.5. The Labute approximate surface area is 134 Å². The molecule has 5 nitrogen and oxygen atoms in total. The molecule has 2 N–H and O–H groups in total. The van der Waals surface area contributed by atoms with E-state index in [1.807, 2.05) is 61.5 Å². The minimum Gasteiger partial charge on any atom is -0.359 e. The van der Waals surface area contributed by atoms with Crippen LogP contribution in [0.2, 0.25) is 0 Å². The zero-order chi connectivity index (χ0) is 16.1. The Kier molecular flexibility index (Phi) is 4.47. The van der Waals surface area contributed by atoms with Crippen LogP contribution in [0.1, 0.15) is 11.3 Å². The van der Waals surface area contributed by atoms with Gasteiger partial charge in [-0.25, -0.2) is 0 Å². The Balaban J connectivity index is 1.62. The fraction of sp³-hybridized carbons (Fsp3) is 0.167. The maximum absolute atomic E-state index is 12.0. The molecule has 0 saturated heterocycles.